The molecule has 4 aliphatic rings. The van der Waals surface area contributed by atoms with E-state index < -0.39 is 0 Å². The summed E-state index contributed by atoms with van der Waals surface area (Å²) < 4.78 is 10.6. The molecule has 0 radical (unpaired) electrons. The molecule has 2 unspecified atom stereocenters. The van der Waals surface area contributed by atoms with E-state index in [-0.39, 0.29) is 23.3 Å². The van der Waals surface area contributed by atoms with Crippen molar-refractivity contribution in [2.75, 3.05) is 13.7 Å². The minimum Gasteiger partial charge on any atom is -0.469 e. The number of ether oxygens (including phenoxy) is 2. The van der Waals surface area contributed by atoms with E-state index in [0.29, 0.717) is 30.3 Å². The molecule has 21 heavy (non-hydrogen) atoms. The molecule has 4 bridgehead atoms. The highest BCUT2D eigenvalue weighted by Crippen LogP contribution is 2.62. The van der Waals surface area contributed by atoms with Gasteiger partial charge in [-0.25, -0.2) is 0 Å². The van der Waals surface area contributed by atoms with Crippen LogP contribution in [-0.4, -0.2) is 25.7 Å². The van der Waals surface area contributed by atoms with Crippen LogP contribution < -0.4 is 0 Å². The molecule has 0 aromatic carbocycles. The van der Waals surface area contributed by atoms with Gasteiger partial charge in [-0.15, -0.1) is 0 Å². The van der Waals surface area contributed by atoms with Gasteiger partial charge >= 0.3 is 11.9 Å². The highest BCUT2D eigenvalue weighted by atomic mass is 16.5. The minimum absolute atomic E-state index is 0.0143. The van der Waals surface area contributed by atoms with Gasteiger partial charge in [0.2, 0.25) is 0 Å². The number of esters is 2. The molecule has 4 heteroatoms. The summed E-state index contributed by atoms with van der Waals surface area (Å²) in [6.07, 6.45) is 5.25. The minimum atomic E-state index is -0.232. The fraction of sp³-hybridized carbons (Fsp3) is 0.882. The maximum absolute atomic E-state index is 12.2. The number of methoxy groups -OCH3 is 1. The third kappa shape index (κ3) is 2.47. The van der Waals surface area contributed by atoms with E-state index in [1.54, 1.807) is 0 Å². The van der Waals surface area contributed by atoms with Gasteiger partial charge in [-0.2, -0.15) is 0 Å². The van der Waals surface area contributed by atoms with Crippen molar-refractivity contribution in [2.24, 2.45) is 35.0 Å². The molecule has 0 saturated heterocycles. The number of carbonyl (C=O) groups is 2. The lowest BCUT2D eigenvalue weighted by molar-refractivity contribution is -0.180. The monoisotopic (exact) mass is 294 g/mol. The van der Waals surface area contributed by atoms with Crippen molar-refractivity contribution >= 4 is 11.9 Å². The Kier molecular flexibility index (Phi) is 3.74. The van der Waals surface area contributed by atoms with E-state index in [1.165, 1.54) is 20.0 Å². The Morgan fingerprint density at radius 3 is 2.29 bits per heavy atom. The summed E-state index contributed by atoms with van der Waals surface area (Å²) >= 11 is 0. The third-order valence-electron chi connectivity index (χ3n) is 5.98. The lowest BCUT2D eigenvalue weighted by Crippen LogP contribution is -2.55. The van der Waals surface area contributed by atoms with Crippen LogP contribution in [0.1, 0.15) is 46.0 Å². The van der Waals surface area contributed by atoms with Crippen LogP contribution in [0.4, 0.5) is 0 Å². The summed E-state index contributed by atoms with van der Waals surface area (Å²) in [5, 5.41) is 0. The maximum Gasteiger partial charge on any atom is 0.311 e. The topological polar surface area (TPSA) is 52.6 Å². The molecule has 4 nitrogen and oxygen atoms in total. The van der Waals surface area contributed by atoms with Crippen molar-refractivity contribution in [1.82, 2.24) is 0 Å². The van der Waals surface area contributed by atoms with Crippen LogP contribution in [0.3, 0.4) is 0 Å². The van der Waals surface area contributed by atoms with E-state index in [0.717, 1.165) is 19.3 Å². The second-order valence-electron chi connectivity index (χ2n) is 7.69. The van der Waals surface area contributed by atoms with E-state index >= 15 is 0 Å². The lowest BCUT2D eigenvalue weighted by atomic mass is 9.46. The number of hydrogen-bond donors (Lipinski definition) is 0. The molecule has 0 N–H and O–H groups in total. The first kappa shape index (κ1) is 14.9. The largest absolute Gasteiger partial charge is 0.469 e. The van der Waals surface area contributed by atoms with Gasteiger partial charge in [0.15, 0.2) is 0 Å². The van der Waals surface area contributed by atoms with E-state index in [9.17, 15) is 9.59 Å². The van der Waals surface area contributed by atoms with Gasteiger partial charge in [0, 0.05) is 0 Å². The molecule has 0 amide bonds. The normalized spacial score (nSPS) is 40.4. The molecule has 0 spiro atoms. The molecule has 4 rings (SSSR count). The highest BCUT2D eigenvalue weighted by Gasteiger charge is 2.59. The predicted octanol–water partition coefficient (Wildman–Crippen LogP) is 2.80. The molecule has 4 aliphatic carbocycles. The van der Waals surface area contributed by atoms with Crippen molar-refractivity contribution < 1.29 is 19.1 Å². The third-order valence-corrected chi connectivity index (χ3v) is 5.98. The van der Waals surface area contributed by atoms with Crippen molar-refractivity contribution in [3.8, 4) is 0 Å². The first-order valence-corrected chi connectivity index (χ1v) is 8.20. The molecule has 0 aromatic rings. The smallest absolute Gasteiger partial charge is 0.311 e. The van der Waals surface area contributed by atoms with Gasteiger partial charge in [-0.3, -0.25) is 9.59 Å². The zero-order valence-electron chi connectivity index (χ0n) is 13.3. The molecular formula is C17H26O4. The summed E-state index contributed by atoms with van der Waals surface area (Å²) in [5.41, 5.74) is -0.232. The Morgan fingerprint density at radius 2 is 1.76 bits per heavy atom. The Labute approximate surface area is 126 Å². The zero-order valence-corrected chi connectivity index (χ0v) is 13.3. The molecule has 0 heterocycles. The standard InChI is InChI=1S/C17H26O4/c1-10(2)15(18)21-9-14-12-4-11-5-13(14)8-17(6-11,7-12)16(19)20-3/h10-14H,4-9H2,1-3H3. The summed E-state index contributed by atoms with van der Waals surface area (Å²) in [7, 11) is 1.50. The van der Waals surface area contributed by atoms with Gasteiger partial charge in [0.05, 0.1) is 25.0 Å². The summed E-state index contributed by atoms with van der Waals surface area (Å²) in [5.74, 6) is 1.97. The number of carbonyl (C=O) groups excluding carboxylic acids is 2. The molecular weight excluding hydrogens is 268 g/mol. The number of rotatable bonds is 4. The quantitative estimate of drug-likeness (QED) is 0.748. The Bertz CT molecular complexity index is 426. The van der Waals surface area contributed by atoms with Crippen molar-refractivity contribution in [2.45, 2.75) is 46.0 Å². The second-order valence-corrected chi connectivity index (χ2v) is 7.69. The van der Waals surface area contributed by atoms with Gasteiger partial charge in [-0.1, -0.05) is 13.8 Å². The summed E-state index contributed by atoms with van der Waals surface area (Å²) in [6.45, 7) is 4.27. The maximum atomic E-state index is 12.2. The van der Waals surface area contributed by atoms with Gasteiger partial charge < -0.3 is 9.47 Å². The molecule has 118 valence electrons. The lowest BCUT2D eigenvalue weighted by Gasteiger charge is -2.58. The van der Waals surface area contributed by atoms with Crippen LogP contribution in [0.5, 0.6) is 0 Å². The first-order chi connectivity index (χ1) is 9.95. The average Bonchev–Trinajstić information content (AvgIpc) is 2.44. The molecule has 4 fully saturated rings. The van der Waals surface area contributed by atoms with E-state index in [2.05, 4.69) is 0 Å². The number of hydrogen-bond acceptors (Lipinski definition) is 4. The summed E-state index contributed by atoms with van der Waals surface area (Å²) in [6, 6.07) is 0. The van der Waals surface area contributed by atoms with Crippen LogP contribution in [0.25, 0.3) is 0 Å². The van der Waals surface area contributed by atoms with E-state index in [1.807, 2.05) is 13.8 Å². The van der Waals surface area contributed by atoms with Gasteiger partial charge in [-0.05, 0) is 55.8 Å². The van der Waals surface area contributed by atoms with Crippen molar-refractivity contribution in [1.29, 1.82) is 0 Å². The molecule has 4 saturated carbocycles. The van der Waals surface area contributed by atoms with Crippen LogP contribution >= 0.6 is 0 Å². The first-order valence-electron chi connectivity index (χ1n) is 8.20. The molecule has 0 aromatic heterocycles. The van der Waals surface area contributed by atoms with Crippen LogP contribution in [0.2, 0.25) is 0 Å². The highest BCUT2D eigenvalue weighted by molar-refractivity contribution is 5.77. The van der Waals surface area contributed by atoms with Crippen molar-refractivity contribution in [3.05, 3.63) is 0 Å². The fourth-order valence-corrected chi connectivity index (χ4v) is 5.21. The van der Waals surface area contributed by atoms with Crippen LogP contribution in [-0.2, 0) is 19.1 Å². The van der Waals surface area contributed by atoms with E-state index in [4.69, 9.17) is 9.47 Å². The average molecular weight is 294 g/mol. The fourth-order valence-electron chi connectivity index (χ4n) is 5.21. The Hall–Kier alpha value is -1.06. The Morgan fingerprint density at radius 1 is 1.14 bits per heavy atom. The van der Waals surface area contributed by atoms with Crippen LogP contribution in [0.15, 0.2) is 0 Å². The molecule has 2 atom stereocenters. The SMILES string of the molecule is COC(=O)C12CC3CC(C1)C(COC(=O)C(C)C)C(C3)C2. The second kappa shape index (κ2) is 5.29. The van der Waals surface area contributed by atoms with Gasteiger partial charge in [0.1, 0.15) is 0 Å². The van der Waals surface area contributed by atoms with Gasteiger partial charge in [0.25, 0.3) is 0 Å². The zero-order chi connectivity index (χ0) is 15.2. The molecule has 0 aliphatic heterocycles. The van der Waals surface area contributed by atoms with Crippen LogP contribution in [0, 0.1) is 35.0 Å². The Balaban J connectivity index is 1.69. The predicted molar refractivity (Wildman–Crippen MR) is 77.3 cm³/mol. The summed E-state index contributed by atoms with van der Waals surface area (Å²) in [4.78, 5) is 23.9. The van der Waals surface area contributed by atoms with Crippen molar-refractivity contribution in [3.63, 3.8) is 0 Å².